The summed E-state index contributed by atoms with van der Waals surface area (Å²) < 4.78 is 0. The number of rotatable bonds is 3. The molecule has 0 amide bonds. The minimum atomic E-state index is 0.282. The van der Waals surface area contributed by atoms with Crippen LogP contribution >= 0.6 is 0 Å². The van der Waals surface area contributed by atoms with E-state index in [0.29, 0.717) is 11.7 Å². The van der Waals surface area contributed by atoms with E-state index >= 15 is 0 Å². The Morgan fingerprint density at radius 2 is 2.31 bits per heavy atom. The summed E-state index contributed by atoms with van der Waals surface area (Å²) in [6.45, 7) is 3.10. The molecule has 1 saturated heterocycles. The van der Waals surface area contributed by atoms with Gasteiger partial charge in [-0.2, -0.15) is 0 Å². The highest BCUT2D eigenvalue weighted by Gasteiger charge is 2.19. The monoisotopic (exact) mass is 222 g/mol. The lowest BCUT2D eigenvalue weighted by Gasteiger charge is -2.31. The molecule has 1 aromatic rings. The number of nitrogens with zero attached hydrogens (tertiary/aromatic N) is 3. The minimum absolute atomic E-state index is 0.282. The molecule has 0 radical (unpaired) electrons. The van der Waals surface area contributed by atoms with Gasteiger partial charge in [0, 0.05) is 19.7 Å². The van der Waals surface area contributed by atoms with E-state index in [1.54, 1.807) is 12.4 Å². The van der Waals surface area contributed by atoms with Gasteiger partial charge in [0.2, 0.25) is 0 Å². The van der Waals surface area contributed by atoms with Crippen molar-refractivity contribution in [3.8, 4) is 0 Å². The highest BCUT2D eigenvalue weighted by molar-refractivity contribution is 5.22. The third kappa shape index (κ3) is 2.90. The number of nitrogens with two attached hydrogens (primary N) is 1. The maximum Gasteiger partial charge on any atom is 0.141 e. The first-order chi connectivity index (χ1) is 7.78. The normalized spacial score (nSPS) is 22.2. The Hall–Kier alpha value is -1.20. The summed E-state index contributed by atoms with van der Waals surface area (Å²) >= 11 is 0. The highest BCUT2D eigenvalue weighted by atomic mass is 16.3. The predicted molar refractivity (Wildman–Crippen MR) is 61.5 cm³/mol. The average Bonchev–Trinajstić information content (AvgIpc) is 2.32. The Bertz CT molecular complexity index is 327. The molecule has 1 atom stereocenters. The van der Waals surface area contributed by atoms with Gasteiger partial charge >= 0.3 is 0 Å². The van der Waals surface area contributed by atoms with Crippen molar-refractivity contribution in [2.45, 2.75) is 19.4 Å². The van der Waals surface area contributed by atoms with E-state index in [9.17, 15) is 0 Å². The van der Waals surface area contributed by atoms with Gasteiger partial charge in [-0.1, -0.05) is 0 Å². The van der Waals surface area contributed by atoms with Gasteiger partial charge in [-0.15, -0.1) is 0 Å². The fourth-order valence-corrected chi connectivity index (χ4v) is 2.12. The molecule has 0 bridgehead atoms. The van der Waals surface area contributed by atoms with Gasteiger partial charge in [0.15, 0.2) is 0 Å². The van der Waals surface area contributed by atoms with E-state index in [4.69, 9.17) is 10.8 Å². The summed E-state index contributed by atoms with van der Waals surface area (Å²) in [5, 5.41) is 9.14. The molecule has 0 aliphatic carbocycles. The molecular formula is C11H18N4O. The summed E-state index contributed by atoms with van der Waals surface area (Å²) in [6.07, 6.45) is 5.58. The van der Waals surface area contributed by atoms with Crippen LogP contribution in [-0.4, -0.2) is 39.7 Å². The van der Waals surface area contributed by atoms with Crippen LogP contribution in [0.25, 0.3) is 0 Å². The minimum Gasteiger partial charge on any atom is -0.396 e. The van der Waals surface area contributed by atoms with E-state index in [2.05, 4.69) is 14.9 Å². The van der Waals surface area contributed by atoms with E-state index < -0.39 is 0 Å². The van der Waals surface area contributed by atoms with Crippen molar-refractivity contribution in [2.75, 3.05) is 25.4 Å². The van der Waals surface area contributed by atoms with Crippen molar-refractivity contribution >= 4 is 5.82 Å². The molecule has 88 valence electrons. The van der Waals surface area contributed by atoms with Crippen LogP contribution in [0.3, 0.4) is 0 Å². The van der Waals surface area contributed by atoms with Crippen molar-refractivity contribution in [1.29, 1.82) is 0 Å². The number of likely N-dealkylation sites (tertiary alicyclic amines) is 1. The Kier molecular flexibility index (Phi) is 3.69. The van der Waals surface area contributed by atoms with E-state index in [0.717, 1.165) is 38.2 Å². The summed E-state index contributed by atoms with van der Waals surface area (Å²) in [6, 6.07) is 0. The Morgan fingerprint density at radius 3 is 3.00 bits per heavy atom. The average molecular weight is 222 g/mol. The lowest BCUT2D eigenvalue weighted by atomic mass is 9.99. The highest BCUT2D eigenvalue weighted by Crippen LogP contribution is 2.17. The Balaban J connectivity index is 1.91. The van der Waals surface area contributed by atoms with Crippen LogP contribution < -0.4 is 5.73 Å². The molecular weight excluding hydrogens is 204 g/mol. The van der Waals surface area contributed by atoms with Crippen molar-refractivity contribution in [3.05, 3.63) is 18.1 Å². The quantitative estimate of drug-likeness (QED) is 0.767. The fraction of sp³-hybridized carbons (Fsp3) is 0.636. The molecule has 16 heavy (non-hydrogen) atoms. The Morgan fingerprint density at radius 1 is 1.44 bits per heavy atom. The molecule has 0 saturated carbocycles. The van der Waals surface area contributed by atoms with Crippen molar-refractivity contribution in [2.24, 2.45) is 5.92 Å². The Labute approximate surface area is 95.3 Å². The molecule has 1 aliphatic heterocycles. The van der Waals surface area contributed by atoms with Crippen molar-refractivity contribution in [3.63, 3.8) is 0 Å². The number of nitrogen functional groups attached to an aromatic ring is 1. The van der Waals surface area contributed by atoms with E-state index in [1.807, 2.05) is 0 Å². The summed E-state index contributed by atoms with van der Waals surface area (Å²) in [4.78, 5) is 10.6. The number of piperidine rings is 1. The molecule has 1 aromatic heterocycles. The SMILES string of the molecule is Nc1cnc(CN2CCCC(CO)C2)cn1. The number of hydrogen-bond donors (Lipinski definition) is 2. The number of aliphatic hydroxyl groups excluding tert-OH is 1. The van der Waals surface area contributed by atoms with Crippen LogP contribution in [0.5, 0.6) is 0 Å². The van der Waals surface area contributed by atoms with Crippen LogP contribution in [0.1, 0.15) is 18.5 Å². The molecule has 1 aliphatic rings. The predicted octanol–water partition coefficient (Wildman–Crippen LogP) is 0.263. The van der Waals surface area contributed by atoms with Crippen molar-refractivity contribution < 1.29 is 5.11 Å². The summed E-state index contributed by atoms with van der Waals surface area (Å²) in [5.74, 6) is 0.867. The third-order valence-corrected chi connectivity index (χ3v) is 2.97. The number of aromatic nitrogens is 2. The number of hydrogen-bond acceptors (Lipinski definition) is 5. The first-order valence-corrected chi connectivity index (χ1v) is 5.67. The zero-order valence-corrected chi connectivity index (χ0v) is 9.34. The van der Waals surface area contributed by atoms with Crippen LogP contribution in [0.4, 0.5) is 5.82 Å². The molecule has 0 aromatic carbocycles. The number of anilines is 1. The number of aliphatic hydroxyl groups is 1. The first kappa shape index (κ1) is 11.3. The molecule has 2 rings (SSSR count). The zero-order chi connectivity index (χ0) is 11.4. The van der Waals surface area contributed by atoms with Crippen LogP contribution in [0.2, 0.25) is 0 Å². The molecule has 5 nitrogen and oxygen atoms in total. The third-order valence-electron chi connectivity index (χ3n) is 2.97. The van der Waals surface area contributed by atoms with Gasteiger partial charge < -0.3 is 10.8 Å². The van der Waals surface area contributed by atoms with Crippen LogP contribution in [0.15, 0.2) is 12.4 Å². The summed E-state index contributed by atoms with van der Waals surface area (Å²) in [5.41, 5.74) is 6.42. The van der Waals surface area contributed by atoms with Gasteiger partial charge in [-0.3, -0.25) is 9.88 Å². The zero-order valence-electron chi connectivity index (χ0n) is 9.34. The van der Waals surface area contributed by atoms with Crippen LogP contribution in [0, 0.1) is 5.92 Å². The summed E-state index contributed by atoms with van der Waals surface area (Å²) in [7, 11) is 0. The smallest absolute Gasteiger partial charge is 0.141 e. The van der Waals surface area contributed by atoms with Gasteiger partial charge in [0.25, 0.3) is 0 Å². The van der Waals surface area contributed by atoms with E-state index in [-0.39, 0.29) is 6.61 Å². The maximum atomic E-state index is 9.14. The van der Waals surface area contributed by atoms with E-state index in [1.165, 1.54) is 0 Å². The lowest BCUT2D eigenvalue weighted by Crippen LogP contribution is -2.36. The molecule has 0 spiro atoms. The first-order valence-electron chi connectivity index (χ1n) is 5.67. The van der Waals surface area contributed by atoms with Crippen molar-refractivity contribution in [1.82, 2.24) is 14.9 Å². The largest absolute Gasteiger partial charge is 0.396 e. The maximum absolute atomic E-state index is 9.14. The standard InChI is InChI=1S/C11H18N4O/c12-11-5-13-10(4-14-11)7-15-3-1-2-9(6-15)8-16/h4-5,9,16H,1-3,6-8H2,(H2,12,14). The fourth-order valence-electron chi connectivity index (χ4n) is 2.12. The second kappa shape index (κ2) is 5.23. The molecule has 3 N–H and O–H groups in total. The van der Waals surface area contributed by atoms with Gasteiger partial charge in [-0.25, -0.2) is 4.98 Å². The molecule has 5 heteroatoms. The topological polar surface area (TPSA) is 75.3 Å². The van der Waals surface area contributed by atoms with Crippen LogP contribution in [-0.2, 0) is 6.54 Å². The molecule has 1 unspecified atom stereocenters. The van der Waals surface area contributed by atoms with Gasteiger partial charge in [0.1, 0.15) is 5.82 Å². The van der Waals surface area contributed by atoms with Gasteiger partial charge in [-0.05, 0) is 25.3 Å². The van der Waals surface area contributed by atoms with Gasteiger partial charge in [0.05, 0.1) is 18.1 Å². The molecule has 2 heterocycles. The second-order valence-corrected chi connectivity index (χ2v) is 4.36. The second-order valence-electron chi connectivity index (χ2n) is 4.36. The lowest BCUT2D eigenvalue weighted by molar-refractivity contribution is 0.115. The molecule has 1 fully saturated rings.